The average molecular weight is 467 g/mol. The van der Waals surface area contributed by atoms with E-state index in [-0.39, 0.29) is 0 Å². The van der Waals surface area contributed by atoms with Gasteiger partial charge in [0.05, 0.1) is 10.9 Å². The highest BCUT2D eigenvalue weighted by molar-refractivity contribution is 7.42. The van der Waals surface area contributed by atoms with Crippen molar-refractivity contribution in [2.45, 2.75) is 13.3 Å². The average Bonchev–Trinajstić information content (AvgIpc) is 3.25. The van der Waals surface area contributed by atoms with Gasteiger partial charge in [-0.15, -0.1) is 8.50 Å². The molecule has 2 nitrogen and oxygen atoms in total. The van der Waals surface area contributed by atoms with Gasteiger partial charge in [-0.05, 0) is 69.8 Å². The maximum Gasteiger partial charge on any atom is 0.448 e. The summed E-state index contributed by atoms with van der Waals surface area (Å²) in [4.78, 5) is 0. The molecule has 1 aliphatic rings. The first-order chi connectivity index (χ1) is 17.3. The standard InChI is InChI=1S/C32H23N2P/c1-21-24-18-22-10-2-4-12-26(22)30(21)28-14-6-8-16-33(28)35-32-25(20-24)19-23-11-3-5-13-27(23)31(32)29-15-7-9-17-34(29)35/h2-19H,20H2,1H3/q+2. The number of nitrogens with zero attached hydrogens (tertiary/aromatic N) is 2. The van der Waals surface area contributed by atoms with Crippen LogP contribution in [0, 0.1) is 6.92 Å². The Kier molecular flexibility index (Phi) is 3.87. The lowest BCUT2D eigenvalue weighted by Crippen LogP contribution is -2.34. The van der Waals surface area contributed by atoms with Crippen LogP contribution in [0.5, 0.6) is 0 Å². The fourth-order valence-electron chi connectivity index (χ4n) is 6.16. The van der Waals surface area contributed by atoms with Crippen molar-refractivity contribution in [2.24, 2.45) is 0 Å². The lowest BCUT2D eigenvalue weighted by molar-refractivity contribution is -0.562. The second-order valence-corrected chi connectivity index (χ2v) is 11.5. The highest BCUT2D eigenvalue weighted by Gasteiger charge is 2.36. The van der Waals surface area contributed by atoms with E-state index < -0.39 is 7.84 Å². The Morgan fingerprint density at radius 1 is 0.686 bits per heavy atom. The first kappa shape index (κ1) is 19.3. The van der Waals surface area contributed by atoms with Crippen molar-refractivity contribution < 1.29 is 8.50 Å². The number of fused-ring (bicyclic) bond motifs is 12. The summed E-state index contributed by atoms with van der Waals surface area (Å²) in [5, 5.41) is 8.22. The van der Waals surface area contributed by atoms with Crippen LogP contribution in [-0.2, 0) is 6.42 Å². The van der Waals surface area contributed by atoms with Crippen molar-refractivity contribution in [3.05, 3.63) is 126 Å². The van der Waals surface area contributed by atoms with Gasteiger partial charge in [0.2, 0.25) is 11.2 Å². The van der Waals surface area contributed by atoms with E-state index in [0.29, 0.717) is 0 Å². The molecule has 0 spiro atoms. The van der Waals surface area contributed by atoms with E-state index in [1.807, 2.05) is 0 Å². The number of benzene rings is 4. The molecule has 3 aromatic heterocycles. The van der Waals surface area contributed by atoms with E-state index >= 15 is 0 Å². The molecule has 35 heavy (non-hydrogen) atoms. The van der Waals surface area contributed by atoms with Gasteiger partial charge in [0.15, 0.2) is 12.4 Å². The molecule has 3 heteroatoms. The molecule has 0 radical (unpaired) electrons. The molecule has 0 aliphatic carbocycles. The molecule has 1 aliphatic heterocycles. The minimum atomic E-state index is -0.818. The molecule has 4 heterocycles. The largest absolute Gasteiger partial charge is 0.448 e. The zero-order valence-electron chi connectivity index (χ0n) is 19.4. The number of aromatic nitrogens is 2. The van der Waals surface area contributed by atoms with Crippen molar-refractivity contribution >= 4 is 45.4 Å². The van der Waals surface area contributed by atoms with Crippen LogP contribution in [0.2, 0.25) is 0 Å². The van der Waals surface area contributed by atoms with Crippen LogP contribution < -0.4 is 8.50 Å². The lowest BCUT2D eigenvalue weighted by atomic mass is 9.89. The minimum Gasteiger partial charge on any atom is -0.102 e. The van der Waals surface area contributed by atoms with Gasteiger partial charge in [-0.1, -0.05) is 54.6 Å². The molecular formula is C32H23N2P+2. The zero-order chi connectivity index (χ0) is 23.1. The Morgan fingerprint density at radius 2 is 1.37 bits per heavy atom. The molecule has 1 atom stereocenters. The van der Waals surface area contributed by atoms with Crippen LogP contribution in [0.3, 0.4) is 0 Å². The van der Waals surface area contributed by atoms with Crippen molar-refractivity contribution in [3.63, 3.8) is 0 Å². The number of hydrogen-bond acceptors (Lipinski definition) is 0. The Morgan fingerprint density at radius 3 is 2.26 bits per heavy atom. The number of hydrogen-bond donors (Lipinski definition) is 0. The van der Waals surface area contributed by atoms with Crippen LogP contribution >= 0.6 is 7.84 Å². The van der Waals surface area contributed by atoms with Gasteiger partial charge in [0.1, 0.15) is 5.12 Å². The molecule has 7 aromatic rings. The Balaban J connectivity index is 1.69. The molecule has 2 bridgehead atoms. The van der Waals surface area contributed by atoms with Gasteiger partial charge in [-0.2, -0.15) is 0 Å². The van der Waals surface area contributed by atoms with E-state index in [9.17, 15) is 0 Å². The van der Waals surface area contributed by atoms with Crippen LogP contribution in [-0.4, -0.2) is 0 Å². The van der Waals surface area contributed by atoms with Crippen molar-refractivity contribution in [1.29, 1.82) is 0 Å². The summed E-state index contributed by atoms with van der Waals surface area (Å²) in [7, 11) is -0.818. The SMILES string of the molecule is Cc1c2cc3ccccc3c1-c1cccc[n+]1-p1c3c(cc4ccccc4c3c3cccc[n+]31)C2. The van der Waals surface area contributed by atoms with Crippen LogP contribution in [0.4, 0.5) is 0 Å². The topological polar surface area (TPSA) is 7.98 Å². The van der Waals surface area contributed by atoms with Gasteiger partial charge in [0, 0.05) is 24.3 Å². The molecule has 1 unspecified atom stereocenters. The Labute approximate surface area is 204 Å². The summed E-state index contributed by atoms with van der Waals surface area (Å²) in [6.07, 6.45) is 5.52. The molecule has 4 aromatic carbocycles. The lowest BCUT2D eigenvalue weighted by Gasteiger charge is -2.13. The first-order valence-corrected chi connectivity index (χ1v) is 13.4. The van der Waals surface area contributed by atoms with E-state index in [1.54, 1.807) is 0 Å². The highest BCUT2D eigenvalue weighted by Crippen LogP contribution is 2.45. The fourth-order valence-corrected chi connectivity index (χ4v) is 8.78. The Bertz CT molecular complexity index is 2000. The van der Waals surface area contributed by atoms with Crippen molar-refractivity contribution in [3.8, 4) is 11.3 Å². The number of pyridine rings is 2. The summed E-state index contributed by atoms with van der Waals surface area (Å²) in [6, 6.07) is 36.0. The molecule has 0 amide bonds. The predicted molar refractivity (Wildman–Crippen MR) is 145 cm³/mol. The maximum absolute atomic E-state index is 2.56. The van der Waals surface area contributed by atoms with Crippen LogP contribution in [0.25, 0.3) is 48.8 Å². The Hall–Kier alpha value is -4.00. The molecule has 164 valence electrons. The summed E-state index contributed by atoms with van der Waals surface area (Å²) in [6.45, 7) is 2.32. The normalized spacial score (nSPS) is 13.1. The smallest absolute Gasteiger partial charge is 0.102 e. The molecule has 0 saturated carbocycles. The summed E-state index contributed by atoms with van der Waals surface area (Å²) < 4.78 is 5.09. The van der Waals surface area contributed by atoms with Gasteiger partial charge in [0.25, 0.3) is 0 Å². The first-order valence-electron chi connectivity index (χ1n) is 12.2. The number of rotatable bonds is 0. The third kappa shape index (κ3) is 2.55. The van der Waals surface area contributed by atoms with Gasteiger partial charge < -0.3 is 0 Å². The maximum atomic E-state index is 2.56. The van der Waals surface area contributed by atoms with Crippen molar-refractivity contribution in [2.75, 3.05) is 0 Å². The summed E-state index contributed by atoms with van der Waals surface area (Å²) >= 11 is 0. The highest BCUT2D eigenvalue weighted by atomic mass is 31.1. The second-order valence-electron chi connectivity index (χ2n) is 9.56. The third-order valence-electron chi connectivity index (χ3n) is 7.70. The molecule has 0 N–H and O–H groups in total. The van der Waals surface area contributed by atoms with Gasteiger partial charge in [-0.3, -0.25) is 0 Å². The van der Waals surface area contributed by atoms with E-state index in [2.05, 4.69) is 125 Å². The molecule has 0 fully saturated rings. The quantitative estimate of drug-likeness (QED) is 0.221. The van der Waals surface area contributed by atoms with Gasteiger partial charge in [-0.25, -0.2) is 0 Å². The van der Waals surface area contributed by atoms with Crippen LogP contribution in [0.1, 0.15) is 16.7 Å². The van der Waals surface area contributed by atoms with E-state index in [4.69, 9.17) is 0 Å². The van der Waals surface area contributed by atoms with E-state index in [0.717, 1.165) is 6.42 Å². The molecule has 8 rings (SSSR count). The molecular weight excluding hydrogens is 443 g/mol. The summed E-state index contributed by atoms with van der Waals surface area (Å²) in [5.41, 5.74) is 8.24. The van der Waals surface area contributed by atoms with E-state index in [1.165, 1.54) is 65.5 Å². The third-order valence-corrected chi connectivity index (χ3v) is 10.1. The zero-order valence-corrected chi connectivity index (χ0v) is 20.3. The van der Waals surface area contributed by atoms with Gasteiger partial charge >= 0.3 is 7.84 Å². The van der Waals surface area contributed by atoms with Crippen LogP contribution in [0.15, 0.2) is 109 Å². The second kappa shape index (κ2) is 7.01. The molecule has 0 saturated heterocycles. The minimum absolute atomic E-state index is 0.818. The summed E-state index contributed by atoms with van der Waals surface area (Å²) in [5.74, 6) is 0. The fraction of sp³-hybridized carbons (Fsp3) is 0.0625. The monoisotopic (exact) mass is 466 g/mol. The predicted octanol–water partition coefficient (Wildman–Crippen LogP) is 7.35. The van der Waals surface area contributed by atoms with Crippen molar-refractivity contribution in [1.82, 2.24) is 0 Å².